The second-order valence-electron chi connectivity index (χ2n) is 2.10. The van der Waals surface area contributed by atoms with Gasteiger partial charge in [-0.05, 0) is 6.07 Å². The fraction of sp³-hybridized carbons (Fsp3) is 0.143. The molecular formula is C7H7FN2O2. The van der Waals surface area contributed by atoms with Gasteiger partial charge in [0.1, 0.15) is 6.54 Å². The van der Waals surface area contributed by atoms with Crippen molar-refractivity contribution in [2.45, 2.75) is 0 Å². The van der Waals surface area contributed by atoms with Crippen LogP contribution in [0, 0.1) is 5.82 Å². The maximum absolute atomic E-state index is 12.7. The maximum Gasteiger partial charge on any atom is 0.322 e. The molecular weight excluding hydrogens is 163 g/mol. The first-order chi connectivity index (χ1) is 5.70. The van der Waals surface area contributed by atoms with Crippen LogP contribution in [0.25, 0.3) is 0 Å². The molecule has 0 aliphatic rings. The van der Waals surface area contributed by atoms with E-state index in [4.69, 9.17) is 5.11 Å². The smallest absolute Gasteiger partial charge is 0.322 e. The van der Waals surface area contributed by atoms with Crippen LogP contribution in [-0.2, 0) is 4.79 Å². The Kier molecular flexibility index (Phi) is 2.57. The predicted octanol–water partition coefficient (Wildman–Crippen LogP) is 0.717. The predicted molar refractivity (Wildman–Crippen MR) is 40.3 cm³/mol. The van der Waals surface area contributed by atoms with Gasteiger partial charge >= 0.3 is 5.97 Å². The van der Waals surface area contributed by atoms with Crippen molar-refractivity contribution in [3.63, 3.8) is 0 Å². The largest absolute Gasteiger partial charge is 0.480 e. The number of hydrogen-bond acceptors (Lipinski definition) is 3. The van der Waals surface area contributed by atoms with Gasteiger partial charge in [-0.15, -0.1) is 0 Å². The topological polar surface area (TPSA) is 62.2 Å². The van der Waals surface area contributed by atoms with Crippen LogP contribution in [0.15, 0.2) is 18.5 Å². The Hall–Kier alpha value is -1.65. The number of carbonyl (C=O) groups is 1. The molecule has 0 saturated heterocycles. The first-order valence-corrected chi connectivity index (χ1v) is 3.25. The molecule has 0 aliphatic carbocycles. The Balaban J connectivity index is 2.63. The Labute approximate surface area is 68.1 Å². The fourth-order valence-corrected chi connectivity index (χ4v) is 0.689. The second-order valence-corrected chi connectivity index (χ2v) is 2.10. The molecule has 0 fully saturated rings. The average Bonchev–Trinajstić information content (AvgIpc) is 2.03. The number of carboxylic acid groups (broad SMARTS) is 1. The molecule has 0 aromatic carbocycles. The highest BCUT2D eigenvalue weighted by Crippen LogP contribution is 2.09. The van der Waals surface area contributed by atoms with Crippen LogP contribution in [0.1, 0.15) is 0 Å². The average molecular weight is 170 g/mol. The number of carboxylic acids is 1. The third-order valence-electron chi connectivity index (χ3n) is 1.20. The zero-order valence-corrected chi connectivity index (χ0v) is 6.12. The van der Waals surface area contributed by atoms with E-state index < -0.39 is 11.8 Å². The minimum atomic E-state index is -1.04. The highest BCUT2D eigenvalue weighted by molar-refractivity contribution is 5.72. The third-order valence-corrected chi connectivity index (χ3v) is 1.20. The molecule has 0 aliphatic heterocycles. The number of nitrogens with zero attached hydrogens (tertiary/aromatic N) is 1. The molecule has 12 heavy (non-hydrogen) atoms. The van der Waals surface area contributed by atoms with Gasteiger partial charge in [-0.3, -0.25) is 9.78 Å². The van der Waals surface area contributed by atoms with Gasteiger partial charge in [-0.1, -0.05) is 0 Å². The summed E-state index contributed by atoms with van der Waals surface area (Å²) in [7, 11) is 0. The van der Waals surface area contributed by atoms with Crippen LogP contribution in [0.5, 0.6) is 0 Å². The second kappa shape index (κ2) is 3.66. The van der Waals surface area contributed by atoms with Gasteiger partial charge in [0.2, 0.25) is 0 Å². The van der Waals surface area contributed by atoms with Gasteiger partial charge in [-0.2, -0.15) is 0 Å². The molecule has 5 heteroatoms. The number of anilines is 1. The number of nitrogens with one attached hydrogen (secondary N) is 1. The lowest BCUT2D eigenvalue weighted by atomic mass is 10.4. The summed E-state index contributed by atoms with van der Waals surface area (Å²) >= 11 is 0. The number of rotatable bonds is 3. The van der Waals surface area contributed by atoms with Crippen molar-refractivity contribution >= 4 is 11.7 Å². The lowest BCUT2D eigenvalue weighted by molar-refractivity contribution is -0.134. The van der Waals surface area contributed by atoms with Gasteiger partial charge in [-0.25, -0.2) is 4.39 Å². The Morgan fingerprint density at radius 3 is 3.08 bits per heavy atom. The van der Waals surface area contributed by atoms with Crippen LogP contribution >= 0.6 is 0 Å². The van der Waals surface area contributed by atoms with Crippen molar-refractivity contribution in [1.82, 2.24) is 4.98 Å². The van der Waals surface area contributed by atoms with E-state index in [-0.39, 0.29) is 12.2 Å². The third kappa shape index (κ3) is 2.19. The monoisotopic (exact) mass is 170 g/mol. The molecule has 1 rings (SSSR count). The molecule has 0 unspecified atom stereocenters. The summed E-state index contributed by atoms with van der Waals surface area (Å²) in [6.07, 6.45) is 2.40. The number of pyridine rings is 1. The van der Waals surface area contributed by atoms with E-state index in [9.17, 15) is 9.18 Å². The number of hydrogen-bond donors (Lipinski definition) is 2. The van der Waals surface area contributed by atoms with Crippen molar-refractivity contribution < 1.29 is 14.3 Å². The number of aliphatic carboxylic acids is 1. The first-order valence-electron chi connectivity index (χ1n) is 3.25. The molecule has 4 nitrogen and oxygen atoms in total. The van der Waals surface area contributed by atoms with E-state index in [1.54, 1.807) is 0 Å². The normalized spacial score (nSPS) is 9.42. The van der Waals surface area contributed by atoms with Crippen molar-refractivity contribution in [3.8, 4) is 0 Å². The molecule has 0 saturated carbocycles. The lowest BCUT2D eigenvalue weighted by Gasteiger charge is -2.02. The SMILES string of the molecule is O=C(O)CNc1ccncc1F. The van der Waals surface area contributed by atoms with Crippen LogP contribution in [-0.4, -0.2) is 22.6 Å². The Morgan fingerprint density at radius 1 is 1.75 bits per heavy atom. The molecule has 0 amide bonds. The van der Waals surface area contributed by atoms with E-state index in [0.717, 1.165) is 6.20 Å². The molecule has 1 aromatic heterocycles. The summed E-state index contributed by atoms with van der Waals surface area (Å²) < 4.78 is 12.7. The van der Waals surface area contributed by atoms with E-state index >= 15 is 0 Å². The maximum atomic E-state index is 12.7. The highest BCUT2D eigenvalue weighted by Gasteiger charge is 2.01. The van der Waals surface area contributed by atoms with Crippen molar-refractivity contribution in [1.29, 1.82) is 0 Å². The molecule has 2 N–H and O–H groups in total. The lowest BCUT2D eigenvalue weighted by Crippen LogP contribution is -2.13. The van der Waals surface area contributed by atoms with Crippen LogP contribution < -0.4 is 5.32 Å². The summed E-state index contributed by atoms with van der Waals surface area (Å²) in [5.41, 5.74) is 0.146. The minimum absolute atomic E-state index is 0.146. The van der Waals surface area contributed by atoms with Gasteiger partial charge in [0.05, 0.1) is 11.9 Å². The molecule has 0 spiro atoms. The molecule has 1 aromatic rings. The summed E-state index contributed by atoms with van der Waals surface area (Å²) in [6, 6.07) is 1.37. The van der Waals surface area contributed by atoms with E-state index in [0.29, 0.717) is 0 Å². The van der Waals surface area contributed by atoms with Crippen molar-refractivity contribution in [2.24, 2.45) is 0 Å². The van der Waals surface area contributed by atoms with Gasteiger partial charge in [0.15, 0.2) is 5.82 Å². The standard InChI is InChI=1S/C7H7FN2O2/c8-5-3-9-2-1-6(5)10-4-7(11)12/h1-3H,4H2,(H,9,10)(H,11,12). The quantitative estimate of drug-likeness (QED) is 0.701. The zero-order valence-electron chi connectivity index (χ0n) is 6.12. The van der Waals surface area contributed by atoms with E-state index in [1.807, 2.05) is 0 Å². The Bertz CT molecular complexity index is 290. The number of aromatic nitrogens is 1. The van der Waals surface area contributed by atoms with Gasteiger partial charge in [0.25, 0.3) is 0 Å². The van der Waals surface area contributed by atoms with Gasteiger partial charge in [0, 0.05) is 6.20 Å². The number of halogens is 1. The van der Waals surface area contributed by atoms with Crippen LogP contribution in [0.2, 0.25) is 0 Å². The van der Waals surface area contributed by atoms with Gasteiger partial charge < -0.3 is 10.4 Å². The van der Waals surface area contributed by atoms with Crippen molar-refractivity contribution in [2.75, 3.05) is 11.9 Å². The molecule has 0 radical (unpaired) electrons. The fourth-order valence-electron chi connectivity index (χ4n) is 0.689. The molecule has 1 heterocycles. The zero-order chi connectivity index (χ0) is 8.97. The highest BCUT2D eigenvalue weighted by atomic mass is 19.1. The van der Waals surface area contributed by atoms with Crippen LogP contribution in [0.4, 0.5) is 10.1 Å². The van der Waals surface area contributed by atoms with E-state index in [2.05, 4.69) is 10.3 Å². The van der Waals surface area contributed by atoms with E-state index in [1.165, 1.54) is 12.3 Å². The molecule has 0 atom stereocenters. The summed E-state index contributed by atoms with van der Waals surface area (Å²) in [5, 5.41) is 10.7. The van der Waals surface area contributed by atoms with Crippen molar-refractivity contribution in [3.05, 3.63) is 24.3 Å². The molecule has 0 bridgehead atoms. The van der Waals surface area contributed by atoms with Crippen LogP contribution in [0.3, 0.4) is 0 Å². The molecule has 64 valence electrons. The summed E-state index contributed by atoms with van der Waals surface area (Å²) in [5.74, 6) is -1.59. The summed E-state index contributed by atoms with van der Waals surface area (Å²) in [4.78, 5) is 13.6. The Morgan fingerprint density at radius 2 is 2.50 bits per heavy atom. The minimum Gasteiger partial charge on any atom is -0.480 e. The first kappa shape index (κ1) is 8.45. The summed E-state index contributed by atoms with van der Waals surface area (Å²) in [6.45, 7) is -0.305.